The zero-order valence-electron chi connectivity index (χ0n) is 11.9. The van der Waals surface area contributed by atoms with Crippen molar-refractivity contribution in [1.29, 1.82) is 0 Å². The van der Waals surface area contributed by atoms with Crippen molar-refractivity contribution in [2.75, 3.05) is 6.54 Å². The number of hydrogen-bond donors (Lipinski definition) is 1. The monoisotopic (exact) mass is 250 g/mol. The van der Waals surface area contributed by atoms with Gasteiger partial charge in [0.1, 0.15) is 0 Å². The maximum Gasteiger partial charge on any atom is 0.0833 e. The van der Waals surface area contributed by atoms with E-state index in [1.54, 1.807) is 0 Å². The summed E-state index contributed by atoms with van der Waals surface area (Å²) in [4.78, 5) is 0. The zero-order valence-corrected chi connectivity index (χ0v) is 11.9. The van der Waals surface area contributed by atoms with E-state index in [9.17, 15) is 0 Å². The van der Waals surface area contributed by atoms with Crippen molar-refractivity contribution in [2.24, 2.45) is 12.5 Å². The molecule has 0 bridgehead atoms. The Morgan fingerprint density at radius 3 is 2.61 bits per heavy atom. The Kier molecular flexibility index (Phi) is 4.38. The first-order chi connectivity index (χ1) is 8.60. The third-order valence-corrected chi connectivity index (χ3v) is 4.01. The molecule has 1 heterocycles. The quantitative estimate of drug-likeness (QED) is 0.872. The number of aryl methyl sites for hydroxylation is 1. The summed E-state index contributed by atoms with van der Waals surface area (Å²) in [6.07, 6.45) is 9.89. The Labute approximate surface area is 110 Å². The molecule has 0 radical (unpaired) electrons. The molecule has 1 aliphatic carbocycles. The van der Waals surface area contributed by atoms with Crippen LogP contribution in [0.4, 0.5) is 0 Å². The molecule has 0 aliphatic heterocycles. The van der Waals surface area contributed by atoms with Crippen molar-refractivity contribution in [2.45, 2.75) is 58.4 Å². The maximum atomic E-state index is 4.27. The molecule has 4 heteroatoms. The molecular weight excluding hydrogens is 224 g/mol. The van der Waals surface area contributed by atoms with Gasteiger partial charge in [0.25, 0.3) is 0 Å². The van der Waals surface area contributed by atoms with Crippen molar-refractivity contribution in [3.05, 3.63) is 11.9 Å². The van der Waals surface area contributed by atoms with E-state index in [-0.39, 0.29) is 0 Å². The first-order valence-corrected chi connectivity index (χ1v) is 7.18. The minimum atomic E-state index is 0.401. The minimum absolute atomic E-state index is 0.401. The molecule has 0 unspecified atom stereocenters. The summed E-state index contributed by atoms with van der Waals surface area (Å²) in [5.74, 6) is 0. The normalized spacial score (nSPS) is 19.3. The molecule has 2 rings (SSSR count). The fourth-order valence-corrected chi connectivity index (χ4v) is 3.00. The van der Waals surface area contributed by atoms with E-state index in [0.29, 0.717) is 11.5 Å². The minimum Gasteiger partial charge on any atom is -0.314 e. The van der Waals surface area contributed by atoms with Crippen molar-refractivity contribution in [3.8, 4) is 0 Å². The topological polar surface area (TPSA) is 42.7 Å². The predicted molar refractivity (Wildman–Crippen MR) is 73.4 cm³/mol. The van der Waals surface area contributed by atoms with Gasteiger partial charge in [0, 0.05) is 25.8 Å². The summed E-state index contributed by atoms with van der Waals surface area (Å²) in [6.45, 7) is 5.55. The first kappa shape index (κ1) is 13.5. The lowest BCUT2D eigenvalue weighted by atomic mass is 9.71. The van der Waals surface area contributed by atoms with E-state index in [0.717, 1.165) is 18.7 Å². The van der Waals surface area contributed by atoms with Crippen molar-refractivity contribution in [3.63, 3.8) is 0 Å². The van der Waals surface area contributed by atoms with Gasteiger partial charge in [0.15, 0.2) is 0 Å². The molecular formula is C14H26N4. The van der Waals surface area contributed by atoms with Gasteiger partial charge in [-0.1, -0.05) is 38.3 Å². The molecule has 0 atom stereocenters. The zero-order chi connectivity index (χ0) is 13.0. The third kappa shape index (κ3) is 3.55. The Bertz CT molecular complexity index is 364. The fraction of sp³-hybridized carbons (Fsp3) is 0.857. The molecule has 102 valence electrons. The number of hydrogen-bond acceptors (Lipinski definition) is 3. The molecule has 1 aliphatic rings. The Hall–Kier alpha value is -0.900. The van der Waals surface area contributed by atoms with Gasteiger partial charge in [-0.05, 0) is 24.7 Å². The molecule has 1 aromatic heterocycles. The van der Waals surface area contributed by atoms with E-state index in [4.69, 9.17) is 0 Å². The van der Waals surface area contributed by atoms with Crippen molar-refractivity contribution < 1.29 is 0 Å². The number of aromatic nitrogens is 3. The second-order valence-corrected chi connectivity index (χ2v) is 6.16. The summed E-state index contributed by atoms with van der Waals surface area (Å²) in [6, 6.07) is 0.561. The largest absolute Gasteiger partial charge is 0.314 e. The highest BCUT2D eigenvalue weighted by molar-refractivity contribution is 5.00. The average molecular weight is 250 g/mol. The summed E-state index contributed by atoms with van der Waals surface area (Å²) in [5, 5.41) is 12.0. The van der Waals surface area contributed by atoms with Crippen LogP contribution >= 0.6 is 0 Å². The summed E-state index contributed by atoms with van der Waals surface area (Å²) in [7, 11) is 1.94. The van der Waals surface area contributed by atoms with Crippen LogP contribution in [-0.2, 0) is 13.5 Å². The molecule has 0 aromatic carbocycles. The van der Waals surface area contributed by atoms with Crippen LogP contribution in [0.1, 0.15) is 51.6 Å². The smallest absolute Gasteiger partial charge is 0.0833 e. The van der Waals surface area contributed by atoms with Crippen LogP contribution in [-0.4, -0.2) is 27.6 Å². The molecule has 0 spiro atoms. The number of nitrogens with zero attached hydrogens (tertiary/aromatic N) is 3. The number of nitrogens with one attached hydrogen (secondary N) is 1. The van der Waals surface area contributed by atoms with Crippen LogP contribution < -0.4 is 5.32 Å². The summed E-state index contributed by atoms with van der Waals surface area (Å²) in [5.41, 5.74) is 1.54. The van der Waals surface area contributed by atoms with Gasteiger partial charge in [-0.3, -0.25) is 4.68 Å². The fourth-order valence-electron chi connectivity index (χ4n) is 3.00. The van der Waals surface area contributed by atoms with E-state index in [2.05, 4.69) is 35.7 Å². The van der Waals surface area contributed by atoms with Gasteiger partial charge in [-0.2, -0.15) is 0 Å². The molecule has 1 fully saturated rings. The summed E-state index contributed by atoms with van der Waals surface area (Å²) < 4.78 is 1.81. The van der Waals surface area contributed by atoms with Crippen molar-refractivity contribution in [1.82, 2.24) is 20.3 Å². The van der Waals surface area contributed by atoms with Gasteiger partial charge < -0.3 is 5.32 Å². The number of rotatable bonds is 5. The summed E-state index contributed by atoms with van der Waals surface area (Å²) >= 11 is 0. The van der Waals surface area contributed by atoms with E-state index in [1.165, 1.54) is 32.1 Å². The second kappa shape index (κ2) is 5.83. The highest BCUT2D eigenvalue weighted by Crippen LogP contribution is 2.38. The Morgan fingerprint density at radius 2 is 2.06 bits per heavy atom. The lowest BCUT2D eigenvalue weighted by molar-refractivity contribution is 0.175. The molecule has 4 nitrogen and oxygen atoms in total. The molecule has 1 saturated carbocycles. The molecule has 1 aromatic rings. The van der Waals surface area contributed by atoms with Crippen LogP contribution in [0.2, 0.25) is 0 Å². The highest BCUT2D eigenvalue weighted by Gasteiger charge is 2.32. The highest BCUT2D eigenvalue weighted by atomic mass is 15.4. The third-order valence-electron chi connectivity index (χ3n) is 4.01. The van der Waals surface area contributed by atoms with Crippen LogP contribution in [0.3, 0.4) is 0 Å². The van der Waals surface area contributed by atoms with E-state index in [1.807, 2.05) is 11.7 Å². The van der Waals surface area contributed by atoms with Gasteiger partial charge in [0.05, 0.1) is 5.69 Å². The molecule has 1 N–H and O–H groups in total. The van der Waals surface area contributed by atoms with E-state index < -0.39 is 0 Å². The molecule has 0 amide bonds. The average Bonchev–Trinajstić information content (AvgIpc) is 2.73. The van der Waals surface area contributed by atoms with Gasteiger partial charge in [0.2, 0.25) is 0 Å². The Morgan fingerprint density at radius 1 is 1.33 bits per heavy atom. The molecule has 0 saturated heterocycles. The van der Waals surface area contributed by atoms with E-state index >= 15 is 0 Å². The second-order valence-electron chi connectivity index (χ2n) is 6.16. The van der Waals surface area contributed by atoms with Crippen molar-refractivity contribution >= 4 is 0 Å². The SMILES string of the molecule is CC(C)NCC1(Cc2cn(C)nn2)CCCCC1. The Balaban J connectivity index is 2.03. The van der Waals surface area contributed by atoms with Gasteiger partial charge >= 0.3 is 0 Å². The van der Waals surface area contributed by atoms with Gasteiger partial charge in [-0.15, -0.1) is 5.10 Å². The first-order valence-electron chi connectivity index (χ1n) is 7.18. The lowest BCUT2D eigenvalue weighted by Crippen LogP contribution is -2.40. The lowest BCUT2D eigenvalue weighted by Gasteiger charge is -2.37. The predicted octanol–water partition coefficient (Wildman–Crippen LogP) is 2.31. The standard InChI is InChI=1S/C14H26N4/c1-12(2)15-11-14(7-5-4-6-8-14)9-13-10-18(3)17-16-13/h10,12,15H,4-9,11H2,1-3H3. The van der Waals surface area contributed by atoms with Gasteiger partial charge in [-0.25, -0.2) is 0 Å². The van der Waals surface area contributed by atoms with Crippen LogP contribution in [0, 0.1) is 5.41 Å². The maximum absolute atomic E-state index is 4.27. The molecule has 18 heavy (non-hydrogen) atoms. The van der Waals surface area contributed by atoms with Crippen LogP contribution in [0.15, 0.2) is 6.20 Å². The van der Waals surface area contributed by atoms with Crippen LogP contribution in [0.25, 0.3) is 0 Å². The van der Waals surface area contributed by atoms with Crippen LogP contribution in [0.5, 0.6) is 0 Å².